The van der Waals surface area contributed by atoms with E-state index in [4.69, 9.17) is 4.74 Å². The van der Waals surface area contributed by atoms with Crippen molar-refractivity contribution in [3.8, 4) is 17.1 Å². The van der Waals surface area contributed by atoms with Crippen LogP contribution in [0.3, 0.4) is 0 Å². The van der Waals surface area contributed by atoms with Crippen molar-refractivity contribution in [2.24, 2.45) is 0 Å². The Morgan fingerprint density at radius 2 is 2.00 bits per heavy atom. The number of hydrogen-bond donors (Lipinski definition) is 2. The summed E-state index contributed by atoms with van der Waals surface area (Å²) in [4.78, 5) is 29.0. The van der Waals surface area contributed by atoms with Crippen molar-refractivity contribution in [2.45, 2.75) is 13.8 Å². The number of hydrogen-bond acceptors (Lipinski definition) is 5. The molecule has 0 aliphatic heterocycles. The average Bonchev–Trinajstić information content (AvgIpc) is 3.15. The Balaban J connectivity index is 1.69. The van der Waals surface area contributed by atoms with Crippen LogP contribution < -0.4 is 10.1 Å². The Bertz CT molecular complexity index is 1190. The molecule has 3 aromatic heterocycles. The zero-order valence-electron chi connectivity index (χ0n) is 15.9. The highest BCUT2D eigenvalue weighted by Gasteiger charge is 2.17. The summed E-state index contributed by atoms with van der Waals surface area (Å²) in [7, 11) is 0. The molecule has 3 heterocycles. The third-order valence-corrected chi connectivity index (χ3v) is 4.30. The number of imidazole rings is 1. The molecule has 0 saturated carbocycles. The van der Waals surface area contributed by atoms with Crippen molar-refractivity contribution in [3.63, 3.8) is 0 Å². The molecule has 4 aromatic rings. The van der Waals surface area contributed by atoms with Gasteiger partial charge in [-0.2, -0.15) is 0 Å². The Morgan fingerprint density at radius 3 is 2.76 bits per heavy atom. The van der Waals surface area contributed by atoms with E-state index in [2.05, 4.69) is 25.3 Å². The standard InChI is InChI=1S/C21H18FN5O2/c1-3-29-17-10-12(2)24-11-16(17)25-21(28)15-8-9-23-20-18(15)26-19(27-20)13-4-6-14(22)7-5-13/h4-11H,3H2,1-2H3,(H,25,28)(H,23,26,27). The normalized spacial score (nSPS) is 10.9. The fourth-order valence-corrected chi connectivity index (χ4v) is 2.93. The van der Waals surface area contributed by atoms with Crippen LogP contribution in [0, 0.1) is 12.7 Å². The topological polar surface area (TPSA) is 92.8 Å². The van der Waals surface area contributed by atoms with E-state index in [1.165, 1.54) is 18.3 Å². The van der Waals surface area contributed by atoms with Crippen molar-refractivity contribution in [2.75, 3.05) is 11.9 Å². The number of carbonyl (C=O) groups excluding carboxylic acids is 1. The minimum Gasteiger partial charge on any atom is -0.492 e. The van der Waals surface area contributed by atoms with Gasteiger partial charge in [0.15, 0.2) is 5.65 Å². The van der Waals surface area contributed by atoms with Crippen LogP contribution >= 0.6 is 0 Å². The van der Waals surface area contributed by atoms with Crippen molar-refractivity contribution in [1.82, 2.24) is 19.9 Å². The highest BCUT2D eigenvalue weighted by molar-refractivity contribution is 6.11. The van der Waals surface area contributed by atoms with E-state index in [1.54, 1.807) is 30.5 Å². The summed E-state index contributed by atoms with van der Waals surface area (Å²) in [5.41, 5.74) is 3.18. The summed E-state index contributed by atoms with van der Waals surface area (Å²) >= 11 is 0. The molecule has 7 nitrogen and oxygen atoms in total. The molecule has 0 aliphatic carbocycles. The molecule has 0 unspecified atom stereocenters. The summed E-state index contributed by atoms with van der Waals surface area (Å²) in [5.74, 6) is 0.355. The largest absolute Gasteiger partial charge is 0.492 e. The maximum Gasteiger partial charge on any atom is 0.258 e. The number of carbonyl (C=O) groups is 1. The van der Waals surface area contributed by atoms with Gasteiger partial charge in [0.1, 0.15) is 28.6 Å². The summed E-state index contributed by atoms with van der Waals surface area (Å²) in [6.45, 7) is 4.18. The lowest BCUT2D eigenvalue weighted by atomic mass is 10.2. The molecule has 8 heteroatoms. The number of amides is 1. The maximum atomic E-state index is 13.2. The second kappa shape index (κ2) is 7.67. The molecule has 29 heavy (non-hydrogen) atoms. The lowest BCUT2D eigenvalue weighted by Gasteiger charge is -2.11. The van der Waals surface area contributed by atoms with Gasteiger partial charge in [0, 0.05) is 23.5 Å². The molecule has 0 atom stereocenters. The van der Waals surface area contributed by atoms with Gasteiger partial charge in [-0.1, -0.05) is 0 Å². The molecule has 146 valence electrons. The first-order valence-corrected chi connectivity index (χ1v) is 9.06. The van der Waals surface area contributed by atoms with E-state index >= 15 is 0 Å². The number of fused-ring (bicyclic) bond motifs is 1. The van der Waals surface area contributed by atoms with E-state index in [0.717, 1.165) is 5.69 Å². The highest BCUT2D eigenvalue weighted by atomic mass is 19.1. The van der Waals surface area contributed by atoms with Crippen LogP contribution in [-0.2, 0) is 0 Å². The number of pyridine rings is 2. The van der Waals surface area contributed by atoms with E-state index in [1.807, 2.05) is 13.8 Å². The average molecular weight is 391 g/mol. The van der Waals surface area contributed by atoms with E-state index in [-0.39, 0.29) is 11.7 Å². The van der Waals surface area contributed by atoms with Crippen LogP contribution in [0.2, 0.25) is 0 Å². The molecule has 0 fully saturated rings. The van der Waals surface area contributed by atoms with Gasteiger partial charge in [-0.3, -0.25) is 9.78 Å². The zero-order chi connectivity index (χ0) is 20.4. The quantitative estimate of drug-likeness (QED) is 0.534. The van der Waals surface area contributed by atoms with E-state index in [9.17, 15) is 9.18 Å². The van der Waals surface area contributed by atoms with Crippen molar-refractivity contribution in [3.05, 3.63) is 65.9 Å². The molecule has 0 radical (unpaired) electrons. The Morgan fingerprint density at radius 1 is 1.21 bits per heavy atom. The third kappa shape index (κ3) is 3.77. The van der Waals surface area contributed by atoms with Crippen molar-refractivity contribution < 1.29 is 13.9 Å². The predicted molar refractivity (Wildman–Crippen MR) is 107 cm³/mol. The number of nitrogens with zero attached hydrogens (tertiary/aromatic N) is 3. The number of aryl methyl sites for hydroxylation is 1. The number of rotatable bonds is 5. The van der Waals surface area contributed by atoms with Crippen LogP contribution in [0.1, 0.15) is 23.0 Å². The molecule has 0 spiro atoms. The summed E-state index contributed by atoms with van der Waals surface area (Å²) in [6.07, 6.45) is 3.09. The lowest BCUT2D eigenvalue weighted by molar-refractivity contribution is 0.102. The number of halogens is 1. The highest BCUT2D eigenvalue weighted by Crippen LogP contribution is 2.26. The minimum atomic E-state index is -0.360. The first-order valence-electron chi connectivity index (χ1n) is 9.06. The SMILES string of the molecule is CCOc1cc(C)ncc1NC(=O)c1ccnc2[nH]c(-c3ccc(F)cc3)nc12. The Hall–Kier alpha value is -3.81. The van der Waals surface area contributed by atoms with Gasteiger partial charge in [-0.15, -0.1) is 0 Å². The predicted octanol–water partition coefficient (Wildman–Crippen LogP) is 4.12. The monoisotopic (exact) mass is 391 g/mol. The molecule has 1 amide bonds. The Labute approximate surface area is 166 Å². The number of nitrogens with one attached hydrogen (secondary N) is 2. The maximum absolute atomic E-state index is 13.2. The van der Waals surface area contributed by atoms with Gasteiger partial charge >= 0.3 is 0 Å². The van der Waals surface area contributed by atoms with Crippen LogP contribution in [0.5, 0.6) is 5.75 Å². The van der Waals surface area contributed by atoms with Crippen LogP contribution in [0.15, 0.2) is 48.8 Å². The molecule has 2 N–H and O–H groups in total. The van der Waals surface area contributed by atoms with Crippen molar-refractivity contribution >= 4 is 22.8 Å². The Kier molecular flexibility index (Phi) is 4.90. The molecular weight excluding hydrogens is 373 g/mol. The second-order valence-electron chi connectivity index (χ2n) is 6.36. The molecule has 0 saturated heterocycles. The minimum absolute atomic E-state index is 0.333. The number of aromatic nitrogens is 4. The van der Waals surface area contributed by atoms with Crippen molar-refractivity contribution in [1.29, 1.82) is 0 Å². The molecule has 4 rings (SSSR count). The van der Waals surface area contributed by atoms with E-state index in [0.29, 0.717) is 46.2 Å². The zero-order valence-corrected chi connectivity index (χ0v) is 15.9. The second-order valence-corrected chi connectivity index (χ2v) is 6.36. The summed E-state index contributed by atoms with van der Waals surface area (Å²) < 4.78 is 18.8. The fourth-order valence-electron chi connectivity index (χ4n) is 2.93. The number of anilines is 1. The van der Waals surface area contributed by atoms with Crippen LogP contribution in [0.4, 0.5) is 10.1 Å². The molecular formula is C21H18FN5O2. The summed E-state index contributed by atoms with van der Waals surface area (Å²) in [5, 5.41) is 2.83. The third-order valence-electron chi connectivity index (χ3n) is 4.30. The fraction of sp³-hybridized carbons (Fsp3) is 0.143. The first-order chi connectivity index (χ1) is 14.0. The smallest absolute Gasteiger partial charge is 0.258 e. The number of ether oxygens (including phenoxy) is 1. The van der Waals surface area contributed by atoms with Gasteiger partial charge in [0.25, 0.3) is 5.91 Å². The van der Waals surface area contributed by atoms with Crippen LogP contribution in [-0.4, -0.2) is 32.4 Å². The van der Waals surface area contributed by atoms with E-state index < -0.39 is 0 Å². The number of aromatic amines is 1. The van der Waals surface area contributed by atoms with Gasteiger partial charge in [-0.25, -0.2) is 14.4 Å². The molecule has 1 aromatic carbocycles. The number of H-pyrrole nitrogens is 1. The van der Waals surface area contributed by atoms with Gasteiger partial charge in [0.2, 0.25) is 0 Å². The lowest BCUT2D eigenvalue weighted by Crippen LogP contribution is -2.14. The van der Waals surface area contributed by atoms with Gasteiger partial charge in [0.05, 0.1) is 18.4 Å². The van der Waals surface area contributed by atoms with Crippen LogP contribution in [0.25, 0.3) is 22.6 Å². The first kappa shape index (κ1) is 18.5. The molecule has 0 bridgehead atoms. The number of benzene rings is 1. The van der Waals surface area contributed by atoms with Gasteiger partial charge < -0.3 is 15.0 Å². The summed E-state index contributed by atoms with van der Waals surface area (Å²) in [6, 6.07) is 9.28. The molecule has 0 aliphatic rings. The van der Waals surface area contributed by atoms with Gasteiger partial charge in [-0.05, 0) is 44.2 Å².